The molecule has 2 amide bonds. The van der Waals surface area contributed by atoms with Crippen LogP contribution in [0.15, 0.2) is 24.3 Å². The number of likely N-dealkylation sites (tertiary alicyclic amines) is 1. The molecule has 0 unspecified atom stereocenters. The second-order valence-corrected chi connectivity index (χ2v) is 10.1. The summed E-state index contributed by atoms with van der Waals surface area (Å²) in [5, 5.41) is 2.94. The van der Waals surface area contributed by atoms with Gasteiger partial charge in [0.25, 0.3) is 0 Å². The van der Waals surface area contributed by atoms with Crippen LogP contribution in [0.4, 0.5) is 0 Å². The minimum Gasteiger partial charge on any atom is -0.352 e. The maximum absolute atomic E-state index is 12.5. The minimum atomic E-state index is -3.36. The number of nitrogens with zero attached hydrogens (tertiary/aromatic N) is 1. The van der Waals surface area contributed by atoms with Gasteiger partial charge >= 0.3 is 0 Å². The minimum absolute atomic E-state index is 0.0426. The maximum Gasteiger partial charge on any atom is 0.225 e. The summed E-state index contributed by atoms with van der Waals surface area (Å²) in [6.07, 6.45) is 1.62. The third-order valence-corrected chi connectivity index (χ3v) is 6.40. The van der Waals surface area contributed by atoms with E-state index in [1.807, 2.05) is 26.0 Å². The van der Waals surface area contributed by atoms with Gasteiger partial charge < -0.3 is 10.2 Å². The maximum atomic E-state index is 12.5. The largest absolute Gasteiger partial charge is 0.352 e. The molecule has 8 heteroatoms. The SMILES string of the molecule is CC(C)NS(=O)(=O)Cc1ccc(CNC(=O)[C@@H]2CCCN(C(=O)C(C)C)C2)cc1. The fourth-order valence-electron chi connectivity index (χ4n) is 3.46. The smallest absolute Gasteiger partial charge is 0.225 e. The van der Waals surface area contributed by atoms with Gasteiger partial charge in [-0.2, -0.15) is 0 Å². The summed E-state index contributed by atoms with van der Waals surface area (Å²) in [6, 6.07) is 7.06. The van der Waals surface area contributed by atoms with Crippen LogP contribution in [0.2, 0.25) is 0 Å². The number of piperidine rings is 1. The monoisotopic (exact) mass is 423 g/mol. The number of rotatable bonds is 8. The molecule has 1 atom stereocenters. The van der Waals surface area contributed by atoms with Crippen molar-refractivity contribution in [1.29, 1.82) is 0 Å². The Bertz CT molecular complexity index is 804. The molecule has 2 rings (SSSR count). The predicted octanol–water partition coefficient (Wildman–Crippen LogP) is 2.03. The van der Waals surface area contributed by atoms with Crippen molar-refractivity contribution in [1.82, 2.24) is 14.9 Å². The molecule has 2 N–H and O–H groups in total. The number of hydrogen-bond donors (Lipinski definition) is 2. The average molecular weight is 424 g/mol. The van der Waals surface area contributed by atoms with Gasteiger partial charge in [0.2, 0.25) is 21.8 Å². The van der Waals surface area contributed by atoms with Gasteiger partial charge in [0, 0.05) is 31.6 Å². The van der Waals surface area contributed by atoms with E-state index in [1.165, 1.54) is 0 Å². The van der Waals surface area contributed by atoms with Gasteiger partial charge in [-0.05, 0) is 37.8 Å². The quantitative estimate of drug-likeness (QED) is 0.669. The van der Waals surface area contributed by atoms with Crippen LogP contribution in [0.5, 0.6) is 0 Å². The lowest BCUT2D eigenvalue weighted by Gasteiger charge is -2.33. The number of carbonyl (C=O) groups is 2. The topological polar surface area (TPSA) is 95.6 Å². The molecule has 1 fully saturated rings. The summed E-state index contributed by atoms with van der Waals surface area (Å²) in [5.74, 6) is -0.258. The molecule has 0 aliphatic carbocycles. The molecule has 0 radical (unpaired) electrons. The highest BCUT2D eigenvalue weighted by Crippen LogP contribution is 2.19. The van der Waals surface area contributed by atoms with Crippen molar-refractivity contribution in [3.05, 3.63) is 35.4 Å². The fourth-order valence-corrected chi connectivity index (χ4v) is 4.90. The zero-order valence-corrected chi connectivity index (χ0v) is 18.6. The summed E-state index contributed by atoms with van der Waals surface area (Å²) >= 11 is 0. The third-order valence-electron chi connectivity index (χ3n) is 4.86. The van der Waals surface area contributed by atoms with Crippen molar-refractivity contribution >= 4 is 21.8 Å². The molecule has 0 spiro atoms. The highest BCUT2D eigenvalue weighted by molar-refractivity contribution is 7.88. The second kappa shape index (κ2) is 10.2. The molecule has 1 heterocycles. The normalized spacial score (nSPS) is 17.6. The number of hydrogen-bond acceptors (Lipinski definition) is 4. The third kappa shape index (κ3) is 7.44. The Morgan fingerprint density at radius 2 is 1.72 bits per heavy atom. The van der Waals surface area contributed by atoms with E-state index in [4.69, 9.17) is 0 Å². The second-order valence-electron chi connectivity index (χ2n) is 8.34. The molecule has 29 heavy (non-hydrogen) atoms. The van der Waals surface area contributed by atoms with Gasteiger partial charge in [0.05, 0.1) is 11.7 Å². The molecule has 162 valence electrons. The van der Waals surface area contributed by atoms with E-state index in [0.717, 1.165) is 24.9 Å². The van der Waals surface area contributed by atoms with Crippen molar-refractivity contribution in [3.8, 4) is 0 Å². The summed E-state index contributed by atoms with van der Waals surface area (Å²) < 4.78 is 26.6. The lowest BCUT2D eigenvalue weighted by molar-refractivity contribution is -0.138. The van der Waals surface area contributed by atoms with Crippen LogP contribution >= 0.6 is 0 Å². The number of benzene rings is 1. The van der Waals surface area contributed by atoms with E-state index in [9.17, 15) is 18.0 Å². The Morgan fingerprint density at radius 1 is 1.10 bits per heavy atom. The lowest BCUT2D eigenvalue weighted by Crippen LogP contribution is -2.46. The van der Waals surface area contributed by atoms with Crippen molar-refractivity contribution in [3.63, 3.8) is 0 Å². The first-order valence-electron chi connectivity index (χ1n) is 10.2. The van der Waals surface area contributed by atoms with Gasteiger partial charge in [-0.1, -0.05) is 38.1 Å². The van der Waals surface area contributed by atoms with Gasteiger partial charge in [0.1, 0.15) is 0 Å². The standard InChI is InChI=1S/C21H33N3O4S/c1-15(2)21(26)24-11-5-6-19(13-24)20(25)22-12-17-7-9-18(10-8-17)14-29(27,28)23-16(3)4/h7-10,15-16,19,23H,5-6,11-14H2,1-4H3,(H,22,25)/t19-/m1/s1. The Kier molecular flexibility index (Phi) is 8.22. The molecule has 1 aliphatic rings. The van der Waals surface area contributed by atoms with E-state index >= 15 is 0 Å². The van der Waals surface area contributed by atoms with Crippen molar-refractivity contribution in [2.45, 2.75) is 58.9 Å². The summed E-state index contributed by atoms with van der Waals surface area (Å²) in [7, 11) is -3.36. The van der Waals surface area contributed by atoms with Crippen LogP contribution in [0, 0.1) is 11.8 Å². The molecular weight excluding hydrogens is 390 g/mol. The lowest BCUT2D eigenvalue weighted by atomic mass is 9.96. The van der Waals surface area contributed by atoms with Crippen LogP contribution < -0.4 is 10.0 Å². The molecule has 1 saturated heterocycles. The van der Waals surface area contributed by atoms with Crippen molar-refractivity contribution in [2.75, 3.05) is 13.1 Å². The molecular formula is C21H33N3O4S. The Morgan fingerprint density at radius 3 is 2.31 bits per heavy atom. The first-order valence-corrected chi connectivity index (χ1v) is 11.9. The zero-order valence-electron chi connectivity index (χ0n) is 17.8. The number of sulfonamides is 1. The molecule has 7 nitrogen and oxygen atoms in total. The van der Waals surface area contributed by atoms with Gasteiger partial charge in [-0.25, -0.2) is 13.1 Å². The fraction of sp³-hybridized carbons (Fsp3) is 0.619. The Labute approximate surface area is 174 Å². The molecule has 0 saturated carbocycles. The highest BCUT2D eigenvalue weighted by atomic mass is 32.2. The first kappa shape index (κ1) is 23.3. The van der Waals surface area contributed by atoms with Crippen LogP contribution in [0.3, 0.4) is 0 Å². The molecule has 1 aliphatic heterocycles. The zero-order chi connectivity index (χ0) is 21.6. The van der Waals surface area contributed by atoms with E-state index < -0.39 is 10.0 Å². The van der Waals surface area contributed by atoms with Crippen LogP contribution in [-0.2, 0) is 31.9 Å². The van der Waals surface area contributed by atoms with Gasteiger partial charge in [0.15, 0.2) is 0 Å². The molecule has 1 aromatic rings. The Hall–Kier alpha value is -1.93. The predicted molar refractivity (Wildman–Crippen MR) is 113 cm³/mol. The number of nitrogens with one attached hydrogen (secondary N) is 2. The van der Waals surface area contributed by atoms with E-state index in [0.29, 0.717) is 18.7 Å². The van der Waals surface area contributed by atoms with E-state index in [2.05, 4.69) is 10.0 Å². The van der Waals surface area contributed by atoms with Crippen LogP contribution in [0.25, 0.3) is 0 Å². The van der Waals surface area contributed by atoms with Gasteiger partial charge in [-0.15, -0.1) is 0 Å². The molecule has 0 bridgehead atoms. The van der Waals surface area contributed by atoms with Crippen LogP contribution in [0.1, 0.15) is 51.7 Å². The molecule has 1 aromatic carbocycles. The van der Waals surface area contributed by atoms with E-state index in [-0.39, 0.29) is 35.4 Å². The summed E-state index contributed by atoms with van der Waals surface area (Å²) in [4.78, 5) is 26.5. The highest BCUT2D eigenvalue weighted by Gasteiger charge is 2.29. The van der Waals surface area contributed by atoms with Crippen molar-refractivity contribution < 1.29 is 18.0 Å². The first-order chi connectivity index (χ1) is 13.6. The van der Waals surface area contributed by atoms with Crippen LogP contribution in [-0.4, -0.2) is 44.3 Å². The number of amides is 2. The summed E-state index contributed by atoms with van der Waals surface area (Å²) in [6.45, 7) is 8.89. The van der Waals surface area contributed by atoms with Gasteiger partial charge in [-0.3, -0.25) is 9.59 Å². The number of carbonyl (C=O) groups excluding carboxylic acids is 2. The Balaban J connectivity index is 1.86. The van der Waals surface area contributed by atoms with E-state index in [1.54, 1.807) is 30.9 Å². The van der Waals surface area contributed by atoms with Crippen molar-refractivity contribution in [2.24, 2.45) is 11.8 Å². The molecule has 0 aromatic heterocycles. The average Bonchev–Trinajstić information content (AvgIpc) is 2.65. The summed E-state index contributed by atoms with van der Waals surface area (Å²) in [5.41, 5.74) is 1.60.